The summed E-state index contributed by atoms with van der Waals surface area (Å²) in [6.45, 7) is 6.12. The van der Waals surface area contributed by atoms with E-state index in [1.807, 2.05) is 0 Å². The van der Waals surface area contributed by atoms with Crippen LogP contribution < -0.4 is 10.6 Å². The van der Waals surface area contributed by atoms with Gasteiger partial charge in [-0.2, -0.15) is 0 Å². The minimum atomic E-state index is -0.495. The number of amides is 1. The highest BCUT2D eigenvalue weighted by atomic mass is 35.5. The van der Waals surface area contributed by atoms with Crippen LogP contribution in [0.3, 0.4) is 0 Å². The van der Waals surface area contributed by atoms with Gasteiger partial charge in [-0.25, -0.2) is 4.39 Å². The van der Waals surface area contributed by atoms with Crippen molar-refractivity contribution in [2.24, 2.45) is 5.92 Å². The predicted molar refractivity (Wildman–Crippen MR) is 96.4 cm³/mol. The summed E-state index contributed by atoms with van der Waals surface area (Å²) < 4.78 is 19.1. The van der Waals surface area contributed by atoms with Gasteiger partial charge in [0.25, 0.3) is 5.91 Å². The number of rotatable bonds is 5. The third-order valence-corrected chi connectivity index (χ3v) is 5.31. The number of ether oxygens (including phenoxy) is 1. The molecule has 1 aromatic rings. The lowest BCUT2D eigenvalue weighted by atomic mass is 9.84. The van der Waals surface area contributed by atoms with E-state index < -0.39 is 5.82 Å². The Balaban J connectivity index is 1.39. The molecule has 1 atom stereocenters. The molecule has 2 N–H and O–H groups in total. The molecule has 0 unspecified atom stereocenters. The zero-order chi connectivity index (χ0) is 18.0. The van der Waals surface area contributed by atoms with Gasteiger partial charge in [0.1, 0.15) is 5.82 Å². The van der Waals surface area contributed by atoms with Gasteiger partial charge in [0.05, 0.1) is 5.60 Å². The van der Waals surface area contributed by atoms with E-state index in [0.717, 1.165) is 38.8 Å². The Labute approximate surface area is 153 Å². The summed E-state index contributed by atoms with van der Waals surface area (Å²) in [5, 5.41) is 6.78. The van der Waals surface area contributed by atoms with Gasteiger partial charge in [-0.15, -0.1) is 0 Å². The fraction of sp³-hybridized carbons (Fsp3) is 0.632. The molecule has 1 aliphatic heterocycles. The fourth-order valence-electron chi connectivity index (χ4n) is 3.72. The van der Waals surface area contributed by atoms with E-state index in [9.17, 15) is 9.18 Å². The second-order valence-electron chi connectivity index (χ2n) is 7.87. The highest BCUT2D eigenvalue weighted by Crippen LogP contribution is 2.29. The molecule has 3 rings (SSSR count). The number of nitrogens with one attached hydrogen (secondary N) is 2. The zero-order valence-corrected chi connectivity index (χ0v) is 15.5. The lowest BCUT2D eigenvalue weighted by molar-refractivity contribution is -0.0725. The molecule has 0 aromatic heterocycles. The van der Waals surface area contributed by atoms with Crippen molar-refractivity contribution in [1.82, 2.24) is 10.6 Å². The van der Waals surface area contributed by atoms with E-state index >= 15 is 0 Å². The van der Waals surface area contributed by atoms with Crippen LogP contribution in [-0.2, 0) is 4.74 Å². The van der Waals surface area contributed by atoms with Crippen LogP contribution in [0.4, 0.5) is 4.39 Å². The van der Waals surface area contributed by atoms with Crippen LogP contribution in [0.1, 0.15) is 49.9 Å². The predicted octanol–water partition coefficient (Wildman–Crippen LogP) is 3.53. The van der Waals surface area contributed by atoms with E-state index in [0.29, 0.717) is 12.0 Å². The molecule has 2 fully saturated rings. The van der Waals surface area contributed by atoms with Crippen molar-refractivity contribution in [3.05, 3.63) is 34.6 Å². The summed E-state index contributed by atoms with van der Waals surface area (Å²) in [6, 6.07) is 4.47. The lowest BCUT2D eigenvalue weighted by Gasteiger charge is -2.40. The summed E-state index contributed by atoms with van der Waals surface area (Å²) in [5.41, 5.74) is 0.248. The van der Waals surface area contributed by atoms with Gasteiger partial charge in [0.15, 0.2) is 0 Å². The van der Waals surface area contributed by atoms with E-state index in [2.05, 4.69) is 24.5 Å². The van der Waals surface area contributed by atoms with Crippen molar-refractivity contribution in [3.63, 3.8) is 0 Å². The average molecular weight is 369 g/mol. The van der Waals surface area contributed by atoms with Crippen molar-refractivity contribution >= 4 is 17.5 Å². The average Bonchev–Trinajstić information content (AvgIpc) is 2.47. The Morgan fingerprint density at radius 3 is 2.76 bits per heavy atom. The molecule has 1 amide bonds. The first-order valence-corrected chi connectivity index (χ1v) is 9.33. The maximum atomic E-state index is 13.3. The van der Waals surface area contributed by atoms with Crippen molar-refractivity contribution in [1.29, 1.82) is 0 Å². The number of carbonyl (C=O) groups excluding carboxylic acids is 1. The van der Waals surface area contributed by atoms with Crippen LogP contribution in [0.25, 0.3) is 0 Å². The summed E-state index contributed by atoms with van der Waals surface area (Å²) in [4.78, 5) is 12.2. The van der Waals surface area contributed by atoms with Crippen LogP contribution in [0.2, 0.25) is 5.02 Å². The standard InChI is InChI=1S/C19H26ClFN2O2/c1-19(2)10-12(3-4-25-19)11-22-16-8-17(9-16)23-18(24)13-5-14(20)7-15(21)6-13/h5-7,12,16-17,22H,3-4,8-11H2,1-2H3,(H,23,24)/t12-,16?,17?/m0/s1. The summed E-state index contributed by atoms with van der Waals surface area (Å²) in [7, 11) is 0. The van der Waals surface area contributed by atoms with Crippen LogP contribution >= 0.6 is 11.6 Å². The van der Waals surface area contributed by atoms with Gasteiger partial charge in [-0.1, -0.05) is 11.6 Å². The smallest absolute Gasteiger partial charge is 0.251 e. The van der Waals surface area contributed by atoms with Crippen molar-refractivity contribution in [2.75, 3.05) is 13.2 Å². The first-order valence-electron chi connectivity index (χ1n) is 8.95. The second-order valence-corrected chi connectivity index (χ2v) is 8.31. The molecule has 138 valence electrons. The minimum absolute atomic E-state index is 0.0209. The topological polar surface area (TPSA) is 50.4 Å². The van der Waals surface area contributed by atoms with E-state index in [-0.39, 0.29) is 28.1 Å². The Bertz CT molecular complexity index is 612. The van der Waals surface area contributed by atoms with Crippen molar-refractivity contribution < 1.29 is 13.9 Å². The van der Waals surface area contributed by atoms with E-state index in [1.54, 1.807) is 0 Å². The number of hydrogen-bond acceptors (Lipinski definition) is 3. The molecule has 25 heavy (non-hydrogen) atoms. The summed E-state index contributed by atoms with van der Waals surface area (Å²) >= 11 is 5.80. The molecular weight excluding hydrogens is 343 g/mol. The first kappa shape index (κ1) is 18.6. The third-order valence-electron chi connectivity index (χ3n) is 5.09. The molecule has 2 aliphatic rings. The molecule has 1 saturated heterocycles. The number of halogens is 2. The van der Waals surface area contributed by atoms with Gasteiger partial charge in [-0.3, -0.25) is 4.79 Å². The lowest BCUT2D eigenvalue weighted by Crippen LogP contribution is -2.53. The third kappa shape index (κ3) is 5.16. The minimum Gasteiger partial charge on any atom is -0.376 e. The molecule has 0 bridgehead atoms. The largest absolute Gasteiger partial charge is 0.376 e. The van der Waals surface area contributed by atoms with Gasteiger partial charge in [0.2, 0.25) is 0 Å². The van der Waals surface area contributed by atoms with E-state index in [1.165, 1.54) is 18.2 Å². The highest BCUT2D eigenvalue weighted by Gasteiger charge is 2.33. The molecule has 1 aromatic carbocycles. The molecule has 1 heterocycles. The Kier molecular flexibility index (Phi) is 5.66. The fourth-order valence-corrected chi connectivity index (χ4v) is 3.94. The van der Waals surface area contributed by atoms with Gasteiger partial charge >= 0.3 is 0 Å². The van der Waals surface area contributed by atoms with Crippen LogP contribution in [0.15, 0.2) is 18.2 Å². The molecule has 1 aliphatic carbocycles. The van der Waals surface area contributed by atoms with Gasteiger partial charge in [0, 0.05) is 29.3 Å². The number of hydrogen-bond donors (Lipinski definition) is 2. The summed E-state index contributed by atoms with van der Waals surface area (Å²) in [6.07, 6.45) is 3.99. The Morgan fingerprint density at radius 2 is 2.08 bits per heavy atom. The first-order chi connectivity index (χ1) is 11.8. The van der Waals surface area contributed by atoms with E-state index in [4.69, 9.17) is 16.3 Å². The van der Waals surface area contributed by atoms with Crippen molar-refractivity contribution in [3.8, 4) is 0 Å². The molecule has 6 heteroatoms. The molecule has 1 saturated carbocycles. The van der Waals surface area contributed by atoms with Gasteiger partial charge < -0.3 is 15.4 Å². The second kappa shape index (κ2) is 7.60. The molecular formula is C19H26ClFN2O2. The normalized spacial score (nSPS) is 28.2. The molecule has 4 nitrogen and oxygen atoms in total. The Morgan fingerprint density at radius 1 is 1.32 bits per heavy atom. The van der Waals surface area contributed by atoms with Crippen LogP contribution in [-0.4, -0.2) is 36.7 Å². The molecule has 0 radical (unpaired) electrons. The zero-order valence-electron chi connectivity index (χ0n) is 14.8. The van der Waals surface area contributed by atoms with Crippen LogP contribution in [0.5, 0.6) is 0 Å². The highest BCUT2D eigenvalue weighted by molar-refractivity contribution is 6.31. The SMILES string of the molecule is CC1(C)C[C@@H](CNC2CC(NC(=O)c3cc(F)cc(Cl)c3)C2)CCO1. The summed E-state index contributed by atoms with van der Waals surface area (Å²) in [5.74, 6) is -0.118. The number of carbonyl (C=O) groups is 1. The maximum Gasteiger partial charge on any atom is 0.251 e. The molecule has 0 spiro atoms. The van der Waals surface area contributed by atoms with Gasteiger partial charge in [-0.05, 0) is 70.2 Å². The monoisotopic (exact) mass is 368 g/mol. The maximum absolute atomic E-state index is 13.3. The van der Waals surface area contributed by atoms with Crippen molar-refractivity contribution in [2.45, 2.75) is 57.2 Å². The Hall–Kier alpha value is -1.17. The number of benzene rings is 1. The van der Waals surface area contributed by atoms with Crippen LogP contribution in [0, 0.1) is 11.7 Å². The quantitative estimate of drug-likeness (QED) is 0.835.